The van der Waals surface area contributed by atoms with E-state index in [-0.39, 0.29) is 0 Å². The van der Waals surface area contributed by atoms with E-state index in [1.54, 1.807) is 6.21 Å². The largest absolute Gasteiger partial charge is 0.430 e. The summed E-state index contributed by atoms with van der Waals surface area (Å²) in [5, 5.41) is 0. The fourth-order valence-corrected chi connectivity index (χ4v) is 0.522. The lowest BCUT2D eigenvalue weighted by atomic mass is 10.8. The van der Waals surface area contributed by atoms with Crippen LogP contribution in [0.2, 0.25) is 0 Å². The molecule has 0 aromatic rings. The van der Waals surface area contributed by atoms with Crippen LogP contribution in [0.3, 0.4) is 0 Å². The standard InChI is InChI=1S/C3H3N2S/c1-2-5-6-3-4-1/h1H,3H2/q+1. The molecule has 3 heteroatoms. The van der Waals surface area contributed by atoms with E-state index in [0.717, 1.165) is 5.88 Å². The molecule has 0 unspecified atom stereocenters. The van der Waals surface area contributed by atoms with Crippen molar-refractivity contribution in [2.45, 2.75) is 0 Å². The molecule has 0 fully saturated rings. The molecule has 0 aromatic heterocycles. The Bertz CT molecular complexity index is 74.8. The van der Waals surface area contributed by atoms with Crippen LogP contribution in [0, 0.1) is 0 Å². The van der Waals surface area contributed by atoms with E-state index in [1.165, 1.54) is 11.9 Å². The maximum atomic E-state index is 3.81. The lowest BCUT2D eigenvalue weighted by Gasteiger charge is -1.75. The molecule has 1 aliphatic heterocycles. The molecule has 6 heavy (non-hydrogen) atoms. The maximum Gasteiger partial charge on any atom is 0.430 e. The summed E-state index contributed by atoms with van der Waals surface area (Å²) in [6, 6.07) is 0. The molecule has 0 radical (unpaired) electrons. The van der Waals surface area contributed by atoms with Gasteiger partial charge >= 0.3 is 6.21 Å². The summed E-state index contributed by atoms with van der Waals surface area (Å²) in [6.45, 7) is 0. The molecule has 0 bridgehead atoms. The Morgan fingerprint density at radius 2 is 2.83 bits per heavy atom. The van der Waals surface area contributed by atoms with Gasteiger partial charge in [-0.05, 0) is 0 Å². The van der Waals surface area contributed by atoms with Crippen molar-refractivity contribution in [1.29, 1.82) is 0 Å². The fourth-order valence-electron chi connectivity index (χ4n) is 0.201. The summed E-state index contributed by atoms with van der Waals surface area (Å²) in [6.07, 6.45) is 4.16. The minimum absolute atomic E-state index is 0.757. The second kappa shape index (κ2) is 1.90. The van der Waals surface area contributed by atoms with Crippen molar-refractivity contribution >= 4 is 24.4 Å². The lowest BCUT2D eigenvalue weighted by molar-refractivity contribution is 1.40. The maximum absolute atomic E-state index is 3.81. The predicted molar refractivity (Wildman–Crippen MR) is 28.4 cm³/mol. The Hall–Kier alpha value is -0.400. The van der Waals surface area contributed by atoms with Crippen molar-refractivity contribution in [1.82, 2.24) is 0 Å². The Morgan fingerprint density at radius 3 is 3.00 bits per heavy atom. The van der Waals surface area contributed by atoms with Crippen molar-refractivity contribution in [3.05, 3.63) is 0 Å². The molecule has 0 aliphatic carbocycles. The molecule has 0 spiro atoms. The Labute approximate surface area is 40.5 Å². The van der Waals surface area contributed by atoms with Crippen LogP contribution in [0.4, 0.5) is 0 Å². The SMILES string of the molecule is [C+]1=NSCN=C1. The van der Waals surface area contributed by atoms with E-state index in [9.17, 15) is 0 Å². The number of aliphatic imine (C=N–C) groups is 1. The van der Waals surface area contributed by atoms with Crippen LogP contribution in [0.1, 0.15) is 0 Å². The van der Waals surface area contributed by atoms with E-state index in [0.29, 0.717) is 0 Å². The average molecular weight is 99.1 g/mol. The molecule has 0 N–H and O–H groups in total. The average Bonchev–Trinajstić information content (AvgIpc) is 1.72. The minimum atomic E-state index is 0.757. The highest BCUT2D eigenvalue weighted by molar-refractivity contribution is 7.98. The first kappa shape index (κ1) is 3.78. The van der Waals surface area contributed by atoms with Crippen LogP contribution in [0.25, 0.3) is 0 Å². The van der Waals surface area contributed by atoms with Gasteiger partial charge in [0, 0.05) is 4.40 Å². The van der Waals surface area contributed by atoms with Crippen molar-refractivity contribution in [2.75, 3.05) is 5.88 Å². The van der Waals surface area contributed by atoms with Gasteiger partial charge in [0.15, 0.2) is 0 Å². The quantitative estimate of drug-likeness (QED) is 0.323. The molecule has 0 saturated carbocycles. The molecule has 1 rings (SSSR count). The molecular weight excluding hydrogens is 96.1 g/mol. The second-order valence-corrected chi connectivity index (χ2v) is 1.49. The minimum Gasteiger partial charge on any atom is -0.227 e. The van der Waals surface area contributed by atoms with Crippen molar-refractivity contribution in [2.24, 2.45) is 9.39 Å². The summed E-state index contributed by atoms with van der Waals surface area (Å²) in [5.41, 5.74) is 0. The summed E-state index contributed by atoms with van der Waals surface area (Å²) >= 11 is 1.41. The summed E-state index contributed by atoms with van der Waals surface area (Å²) < 4.78 is 3.69. The van der Waals surface area contributed by atoms with Gasteiger partial charge in [-0.2, -0.15) is 0 Å². The Morgan fingerprint density at radius 1 is 1.83 bits per heavy atom. The number of hydrogen-bond acceptors (Lipinski definition) is 3. The van der Waals surface area contributed by atoms with Crippen LogP contribution in [-0.2, 0) is 0 Å². The topological polar surface area (TPSA) is 24.7 Å². The third-order valence-electron chi connectivity index (χ3n) is 0.399. The Kier molecular flexibility index (Phi) is 1.20. The van der Waals surface area contributed by atoms with Gasteiger partial charge in [-0.1, -0.05) is 0 Å². The predicted octanol–water partition coefficient (Wildman–Crippen LogP) is 0.624. The van der Waals surface area contributed by atoms with Gasteiger partial charge in [-0.25, -0.2) is 4.99 Å². The molecule has 0 saturated heterocycles. The highest BCUT2D eigenvalue weighted by Gasteiger charge is 1.95. The zero-order valence-corrected chi connectivity index (χ0v) is 3.90. The lowest BCUT2D eigenvalue weighted by Crippen LogP contribution is -1.81. The smallest absolute Gasteiger partial charge is 0.227 e. The third kappa shape index (κ3) is 0.776. The first-order valence-electron chi connectivity index (χ1n) is 1.56. The van der Waals surface area contributed by atoms with Crippen LogP contribution >= 0.6 is 11.9 Å². The van der Waals surface area contributed by atoms with Crippen molar-refractivity contribution in [3.8, 4) is 0 Å². The van der Waals surface area contributed by atoms with Crippen LogP contribution < -0.4 is 0 Å². The van der Waals surface area contributed by atoms with Gasteiger partial charge in [0.2, 0.25) is 0 Å². The van der Waals surface area contributed by atoms with Gasteiger partial charge < -0.3 is 0 Å². The van der Waals surface area contributed by atoms with E-state index in [4.69, 9.17) is 0 Å². The monoisotopic (exact) mass is 99.0 g/mol. The van der Waals surface area contributed by atoms with Gasteiger partial charge in [0.1, 0.15) is 5.88 Å². The van der Waals surface area contributed by atoms with E-state index in [1.807, 2.05) is 0 Å². The van der Waals surface area contributed by atoms with Gasteiger partial charge in [-0.15, -0.1) is 0 Å². The zero-order valence-electron chi connectivity index (χ0n) is 3.09. The molecular formula is C3H3N2S+. The first-order chi connectivity index (χ1) is 3.00. The Balaban J connectivity index is 2.46. The highest BCUT2D eigenvalue weighted by Crippen LogP contribution is 2.01. The molecule has 2 nitrogen and oxygen atoms in total. The summed E-state index contributed by atoms with van der Waals surface area (Å²) in [5.74, 6) is 0.757. The van der Waals surface area contributed by atoms with E-state index < -0.39 is 0 Å². The van der Waals surface area contributed by atoms with Gasteiger partial charge in [0.05, 0.1) is 11.9 Å². The van der Waals surface area contributed by atoms with Gasteiger partial charge in [0.25, 0.3) is 6.21 Å². The molecule has 1 heterocycles. The number of rotatable bonds is 0. The summed E-state index contributed by atoms with van der Waals surface area (Å²) in [7, 11) is 0. The molecule has 0 atom stereocenters. The molecule has 0 aromatic carbocycles. The molecule has 30 valence electrons. The zero-order chi connectivity index (χ0) is 4.24. The first-order valence-corrected chi connectivity index (χ1v) is 2.50. The number of nitrogens with zero attached hydrogens (tertiary/aromatic N) is 2. The van der Waals surface area contributed by atoms with Crippen LogP contribution in [0.15, 0.2) is 9.39 Å². The normalized spacial score (nSPS) is 17.3. The van der Waals surface area contributed by atoms with E-state index in [2.05, 4.69) is 15.6 Å². The third-order valence-corrected chi connectivity index (χ3v) is 0.898. The molecule has 1 aliphatic rings. The fraction of sp³-hybridized carbons (Fsp3) is 0.333. The van der Waals surface area contributed by atoms with Crippen LogP contribution in [0.5, 0.6) is 0 Å². The van der Waals surface area contributed by atoms with Crippen molar-refractivity contribution in [3.63, 3.8) is 0 Å². The number of hydrogen-bond donors (Lipinski definition) is 0. The molecule has 0 amide bonds. The van der Waals surface area contributed by atoms with E-state index >= 15 is 0 Å². The summed E-state index contributed by atoms with van der Waals surface area (Å²) in [4.78, 5) is 3.81. The van der Waals surface area contributed by atoms with Crippen LogP contribution in [-0.4, -0.2) is 18.3 Å². The van der Waals surface area contributed by atoms with Crippen molar-refractivity contribution < 1.29 is 0 Å². The van der Waals surface area contributed by atoms with Gasteiger partial charge in [-0.3, -0.25) is 0 Å². The second-order valence-electron chi connectivity index (χ2n) is 0.790. The highest BCUT2D eigenvalue weighted by atomic mass is 32.2.